The summed E-state index contributed by atoms with van der Waals surface area (Å²) in [5.41, 5.74) is 3.57. The smallest absolute Gasteiger partial charge is 0.414 e. The first-order valence-corrected chi connectivity index (χ1v) is 11.4. The highest BCUT2D eigenvalue weighted by Crippen LogP contribution is 2.31. The highest BCUT2D eigenvalue weighted by Gasteiger charge is 2.34. The summed E-state index contributed by atoms with van der Waals surface area (Å²) in [6, 6.07) is 2.16. The zero-order valence-corrected chi connectivity index (χ0v) is 19.6. The van der Waals surface area contributed by atoms with E-state index in [1.165, 1.54) is 23.1 Å². The number of hydrazine groups is 1. The lowest BCUT2D eigenvalue weighted by Gasteiger charge is -2.25. The Balaban J connectivity index is 1.35. The molecule has 0 radical (unpaired) electrons. The van der Waals surface area contributed by atoms with Gasteiger partial charge in [0.15, 0.2) is 11.6 Å². The van der Waals surface area contributed by atoms with Crippen LogP contribution in [0.15, 0.2) is 29.1 Å². The van der Waals surface area contributed by atoms with E-state index in [1.54, 1.807) is 6.20 Å². The average Bonchev–Trinajstić information content (AvgIpc) is 3.41. The van der Waals surface area contributed by atoms with E-state index in [1.807, 2.05) is 0 Å². The summed E-state index contributed by atoms with van der Waals surface area (Å²) < 4.78 is 40.1. The predicted molar refractivity (Wildman–Crippen MR) is 123 cm³/mol. The van der Waals surface area contributed by atoms with E-state index < -0.39 is 23.8 Å². The zero-order chi connectivity index (χ0) is 25.7. The molecule has 0 aliphatic carbocycles. The molecular formula is C22H27F2N7O5. The first-order chi connectivity index (χ1) is 17.3. The summed E-state index contributed by atoms with van der Waals surface area (Å²) in [6.45, 7) is 2.92. The van der Waals surface area contributed by atoms with Crippen LogP contribution in [0.4, 0.5) is 25.0 Å². The Bertz CT molecular complexity index is 1080. The van der Waals surface area contributed by atoms with Crippen LogP contribution in [0.3, 0.4) is 0 Å². The van der Waals surface area contributed by atoms with Crippen LogP contribution in [0, 0.1) is 11.6 Å². The standard InChI is InChI=1S/C22H27F2N7O5/c1-14(32)26-10-17-12-30(22(34)36-17)16-6-18(23)21(19(24)7-16)29-3-2-27-31(5-4-29)20(33)11-25-8-15-9-28-35-13-15/h6-7,9,13,17,25,27H,2-5,8,10-12H2,1H3,(H,26,32). The van der Waals surface area contributed by atoms with Crippen LogP contribution in [-0.2, 0) is 20.9 Å². The number of hydrogen-bond donors (Lipinski definition) is 3. The van der Waals surface area contributed by atoms with Crippen molar-refractivity contribution in [3.63, 3.8) is 0 Å². The van der Waals surface area contributed by atoms with Crippen molar-refractivity contribution in [1.29, 1.82) is 0 Å². The number of nitrogens with one attached hydrogen (secondary N) is 3. The van der Waals surface area contributed by atoms with Gasteiger partial charge in [-0.1, -0.05) is 5.16 Å². The monoisotopic (exact) mass is 507 g/mol. The second-order valence-corrected chi connectivity index (χ2v) is 8.39. The number of amides is 3. The van der Waals surface area contributed by atoms with E-state index >= 15 is 8.78 Å². The molecule has 3 heterocycles. The normalized spacial score (nSPS) is 18.2. The lowest BCUT2D eigenvalue weighted by Crippen LogP contribution is -2.47. The molecule has 0 saturated carbocycles. The Morgan fingerprint density at radius 3 is 2.69 bits per heavy atom. The molecule has 12 nitrogen and oxygen atoms in total. The first-order valence-electron chi connectivity index (χ1n) is 11.4. The zero-order valence-electron chi connectivity index (χ0n) is 19.6. The number of carbonyl (C=O) groups excluding carboxylic acids is 3. The molecule has 1 unspecified atom stereocenters. The topological polar surface area (TPSA) is 132 Å². The molecule has 2 aromatic rings. The Morgan fingerprint density at radius 1 is 1.22 bits per heavy atom. The fourth-order valence-corrected chi connectivity index (χ4v) is 4.00. The highest BCUT2D eigenvalue weighted by molar-refractivity contribution is 5.90. The largest absolute Gasteiger partial charge is 0.442 e. The van der Waals surface area contributed by atoms with Gasteiger partial charge in [0.25, 0.3) is 5.91 Å². The minimum absolute atomic E-state index is 0.0210. The number of anilines is 2. The van der Waals surface area contributed by atoms with Crippen molar-refractivity contribution in [3.05, 3.63) is 41.8 Å². The number of ether oxygens (including phenoxy) is 1. The molecule has 4 rings (SSSR count). The third-order valence-electron chi connectivity index (χ3n) is 5.75. The SMILES string of the molecule is CC(=O)NCC1CN(c2cc(F)c(N3CCNN(C(=O)CNCc4cnoc4)CC3)c(F)c2)C(=O)O1. The van der Waals surface area contributed by atoms with Gasteiger partial charge in [0.2, 0.25) is 5.91 Å². The second kappa shape index (κ2) is 11.3. The minimum atomic E-state index is -0.835. The summed E-state index contributed by atoms with van der Waals surface area (Å²) in [5.74, 6) is -2.16. The molecule has 1 atom stereocenters. The van der Waals surface area contributed by atoms with Crippen LogP contribution in [0.1, 0.15) is 12.5 Å². The summed E-state index contributed by atoms with van der Waals surface area (Å²) >= 11 is 0. The third kappa shape index (κ3) is 6.07. The Morgan fingerprint density at radius 2 is 2.00 bits per heavy atom. The molecule has 2 aliphatic rings. The summed E-state index contributed by atoms with van der Waals surface area (Å²) in [5, 5.41) is 10.5. The Labute approximate surface area is 205 Å². The lowest BCUT2D eigenvalue weighted by molar-refractivity contribution is -0.133. The molecule has 0 spiro atoms. The van der Waals surface area contributed by atoms with E-state index in [2.05, 4.69) is 21.2 Å². The first kappa shape index (κ1) is 25.3. The molecule has 0 bridgehead atoms. The van der Waals surface area contributed by atoms with Crippen molar-refractivity contribution in [2.45, 2.75) is 19.6 Å². The van der Waals surface area contributed by atoms with Gasteiger partial charge >= 0.3 is 6.09 Å². The molecule has 1 aromatic carbocycles. The number of nitrogens with zero attached hydrogens (tertiary/aromatic N) is 4. The number of carbonyl (C=O) groups is 3. The van der Waals surface area contributed by atoms with E-state index in [-0.39, 0.29) is 62.5 Å². The second-order valence-electron chi connectivity index (χ2n) is 8.39. The highest BCUT2D eigenvalue weighted by atomic mass is 19.1. The summed E-state index contributed by atoms with van der Waals surface area (Å²) in [6.07, 6.45) is 1.65. The maximum atomic E-state index is 15.1. The van der Waals surface area contributed by atoms with Crippen LogP contribution >= 0.6 is 0 Å². The van der Waals surface area contributed by atoms with E-state index in [9.17, 15) is 14.4 Å². The van der Waals surface area contributed by atoms with Gasteiger partial charge in [0, 0.05) is 50.8 Å². The van der Waals surface area contributed by atoms with Gasteiger partial charge < -0.3 is 24.8 Å². The van der Waals surface area contributed by atoms with Gasteiger partial charge in [-0.3, -0.25) is 19.5 Å². The summed E-state index contributed by atoms with van der Waals surface area (Å²) in [7, 11) is 0. The van der Waals surface area contributed by atoms with Crippen molar-refractivity contribution < 1.29 is 32.4 Å². The van der Waals surface area contributed by atoms with Crippen molar-refractivity contribution in [1.82, 2.24) is 26.2 Å². The third-order valence-corrected chi connectivity index (χ3v) is 5.75. The molecule has 194 valence electrons. The molecule has 3 N–H and O–H groups in total. The van der Waals surface area contributed by atoms with Crippen molar-refractivity contribution in [3.8, 4) is 0 Å². The van der Waals surface area contributed by atoms with E-state index in [0.29, 0.717) is 13.1 Å². The van der Waals surface area contributed by atoms with Crippen molar-refractivity contribution in [2.24, 2.45) is 0 Å². The molecule has 2 aliphatic heterocycles. The molecule has 3 amide bonds. The van der Waals surface area contributed by atoms with Gasteiger partial charge in [-0.2, -0.15) is 0 Å². The van der Waals surface area contributed by atoms with Crippen LogP contribution in [0.2, 0.25) is 0 Å². The van der Waals surface area contributed by atoms with Gasteiger partial charge in [-0.05, 0) is 0 Å². The van der Waals surface area contributed by atoms with Gasteiger partial charge in [-0.25, -0.2) is 19.0 Å². The fraction of sp³-hybridized carbons (Fsp3) is 0.455. The number of benzene rings is 1. The maximum Gasteiger partial charge on any atom is 0.414 e. The van der Waals surface area contributed by atoms with Crippen LogP contribution in [0.25, 0.3) is 0 Å². The van der Waals surface area contributed by atoms with E-state index in [4.69, 9.17) is 9.26 Å². The summed E-state index contributed by atoms with van der Waals surface area (Å²) in [4.78, 5) is 38.4. The number of aromatic nitrogens is 1. The van der Waals surface area contributed by atoms with Gasteiger partial charge in [0.1, 0.15) is 18.1 Å². The molecule has 2 fully saturated rings. The Hall–Kier alpha value is -3.78. The average molecular weight is 507 g/mol. The minimum Gasteiger partial charge on any atom is -0.442 e. The number of rotatable bonds is 8. The molecule has 14 heteroatoms. The Kier molecular flexibility index (Phi) is 7.95. The number of hydrogen-bond acceptors (Lipinski definition) is 9. The molecule has 2 saturated heterocycles. The van der Waals surface area contributed by atoms with Crippen LogP contribution in [-0.4, -0.2) is 80.0 Å². The number of cyclic esters (lactones) is 1. The van der Waals surface area contributed by atoms with Crippen molar-refractivity contribution in [2.75, 3.05) is 55.6 Å². The molecule has 1 aromatic heterocycles. The molecule has 36 heavy (non-hydrogen) atoms. The van der Waals surface area contributed by atoms with Gasteiger partial charge in [-0.15, -0.1) is 0 Å². The van der Waals surface area contributed by atoms with Crippen LogP contribution < -0.4 is 25.9 Å². The van der Waals surface area contributed by atoms with Crippen molar-refractivity contribution >= 4 is 29.3 Å². The number of halogens is 2. The maximum absolute atomic E-state index is 15.1. The van der Waals surface area contributed by atoms with Gasteiger partial charge in [0.05, 0.1) is 38.1 Å². The lowest BCUT2D eigenvalue weighted by atomic mass is 10.2. The van der Waals surface area contributed by atoms with Crippen LogP contribution in [0.5, 0.6) is 0 Å². The van der Waals surface area contributed by atoms with E-state index in [0.717, 1.165) is 22.6 Å². The fourth-order valence-electron chi connectivity index (χ4n) is 4.00. The quantitative estimate of drug-likeness (QED) is 0.463. The molecular weight excluding hydrogens is 480 g/mol. The predicted octanol–water partition coefficient (Wildman–Crippen LogP) is 0.357.